The zero-order valence-corrected chi connectivity index (χ0v) is 23.9. The molecule has 0 N–H and O–H groups in total. The fourth-order valence-electron chi connectivity index (χ4n) is 4.69. The summed E-state index contributed by atoms with van der Waals surface area (Å²) in [6.45, 7) is 0. The maximum absolute atomic E-state index is 13.0. The minimum Gasteiger partial charge on any atom is -0.545 e. The van der Waals surface area contributed by atoms with Crippen LogP contribution in [0.2, 0.25) is 10.0 Å². The molecule has 0 saturated carbocycles. The second-order valence-corrected chi connectivity index (χ2v) is 10.6. The van der Waals surface area contributed by atoms with Crippen molar-refractivity contribution in [3.8, 4) is 22.5 Å². The number of benzene rings is 3. The van der Waals surface area contributed by atoms with Gasteiger partial charge in [-0.25, -0.2) is 9.37 Å². The molecule has 1 saturated heterocycles. The number of fused-ring (bicyclic) bond motifs is 2. The van der Waals surface area contributed by atoms with E-state index in [0.29, 0.717) is 32.9 Å². The Hall–Kier alpha value is -4.41. The molecule has 210 valence electrons. The highest BCUT2D eigenvalue weighted by Gasteiger charge is 2.35. The molecule has 2 amide bonds. The number of anilines is 1. The summed E-state index contributed by atoms with van der Waals surface area (Å²) < 4.78 is 8.17. The van der Waals surface area contributed by atoms with Crippen molar-refractivity contribution < 1.29 is 33.5 Å². The zero-order valence-electron chi connectivity index (χ0n) is 22.4. The SMILES string of the molecule is CN(C)c1ccc2c(-c3c(Cl)cc(C(=O)ON4C(=O)CCC4=O)c(Cl)c3C(=O)[O-])c3ccc(=[N+](C)C)cc-3oc2c1. The molecule has 5 rings (SSSR count). The van der Waals surface area contributed by atoms with Crippen molar-refractivity contribution in [2.24, 2.45) is 0 Å². The Labute approximate surface area is 243 Å². The number of amides is 2. The van der Waals surface area contributed by atoms with Crippen molar-refractivity contribution in [3.05, 3.63) is 69.0 Å². The van der Waals surface area contributed by atoms with E-state index in [1.807, 2.05) is 61.9 Å². The van der Waals surface area contributed by atoms with E-state index in [9.17, 15) is 24.3 Å². The van der Waals surface area contributed by atoms with Crippen LogP contribution in [0.3, 0.4) is 0 Å². The predicted octanol–water partition coefficient (Wildman–Crippen LogP) is 3.19. The molecule has 1 fully saturated rings. The van der Waals surface area contributed by atoms with Crippen LogP contribution >= 0.6 is 23.2 Å². The number of nitrogens with zero attached hydrogens (tertiary/aromatic N) is 3. The van der Waals surface area contributed by atoms with Gasteiger partial charge in [-0.15, -0.1) is 5.06 Å². The largest absolute Gasteiger partial charge is 0.545 e. The molecule has 0 aromatic heterocycles. The average molecular weight is 596 g/mol. The monoisotopic (exact) mass is 595 g/mol. The fourth-order valence-corrected chi connectivity index (χ4v) is 5.30. The molecule has 1 aliphatic carbocycles. The van der Waals surface area contributed by atoms with Gasteiger partial charge in [0.1, 0.15) is 25.4 Å². The van der Waals surface area contributed by atoms with E-state index in [1.165, 1.54) is 0 Å². The minimum atomic E-state index is -1.70. The van der Waals surface area contributed by atoms with Crippen molar-refractivity contribution >= 4 is 63.6 Å². The Morgan fingerprint density at radius 3 is 2.29 bits per heavy atom. The summed E-state index contributed by atoms with van der Waals surface area (Å²) in [6, 6.07) is 12.0. The fraction of sp³-hybridized carbons (Fsp3) is 0.207. The van der Waals surface area contributed by atoms with E-state index in [2.05, 4.69) is 0 Å². The summed E-state index contributed by atoms with van der Waals surface area (Å²) in [6.07, 6.45) is -0.234. The Balaban J connectivity index is 1.81. The number of carboxylic acid groups (broad SMARTS) is 1. The summed E-state index contributed by atoms with van der Waals surface area (Å²) in [4.78, 5) is 56.3. The molecule has 3 aliphatic rings. The van der Waals surface area contributed by atoms with Gasteiger partial charge in [0.2, 0.25) is 5.36 Å². The van der Waals surface area contributed by atoms with E-state index in [4.69, 9.17) is 32.5 Å². The van der Waals surface area contributed by atoms with Gasteiger partial charge in [-0.05, 0) is 24.3 Å². The number of carboxylic acids is 1. The molecule has 12 heteroatoms. The molecule has 2 heterocycles. The molecule has 2 aliphatic heterocycles. The topological polar surface area (TPSA) is 123 Å². The molecule has 0 radical (unpaired) electrons. The third-order valence-corrected chi connectivity index (χ3v) is 7.48. The van der Waals surface area contributed by atoms with E-state index in [-0.39, 0.29) is 23.4 Å². The molecule has 2 aromatic rings. The summed E-state index contributed by atoms with van der Waals surface area (Å²) in [7, 11) is 7.50. The lowest BCUT2D eigenvalue weighted by atomic mass is 9.89. The van der Waals surface area contributed by atoms with Gasteiger partial charge in [0.15, 0.2) is 0 Å². The number of aromatic carboxylic acids is 1. The van der Waals surface area contributed by atoms with E-state index >= 15 is 0 Å². The second-order valence-electron chi connectivity index (χ2n) is 9.84. The van der Waals surface area contributed by atoms with Gasteiger partial charge in [-0.2, -0.15) is 0 Å². The first-order chi connectivity index (χ1) is 19.4. The standard InChI is InChI=1S/C29H23Cl2N3O7/c1-32(2)14-5-7-16-20(11-14)40-21-12-15(33(3)4)6-8-17(21)24(16)25-19(30)13-18(27(31)26(25)28(37)38)29(39)41-34-22(35)9-10-23(34)36/h5-8,11-13H,9-10H2,1-4H3. The average Bonchev–Trinajstić information content (AvgIpc) is 3.23. The molecule has 41 heavy (non-hydrogen) atoms. The second kappa shape index (κ2) is 10.5. The van der Waals surface area contributed by atoms with Crippen molar-refractivity contribution in [1.29, 1.82) is 0 Å². The van der Waals surface area contributed by atoms with Gasteiger partial charge < -0.3 is 24.1 Å². The van der Waals surface area contributed by atoms with Crippen LogP contribution in [-0.2, 0) is 14.4 Å². The predicted molar refractivity (Wildman–Crippen MR) is 151 cm³/mol. The van der Waals surface area contributed by atoms with Crippen LogP contribution in [0.4, 0.5) is 5.69 Å². The van der Waals surface area contributed by atoms with Crippen LogP contribution in [0, 0.1) is 0 Å². The normalized spacial score (nSPS) is 13.3. The summed E-state index contributed by atoms with van der Waals surface area (Å²) in [5.74, 6) is -3.89. The first-order valence-electron chi connectivity index (χ1n) is 12.4. The van der Waals surface area contributed by atoms with Crippen molar-refractivity contribution in [3.63, 3.8) is 0 Å². The number of rotatable bonds is 5. The number of hydrogen-bond donors (Lipinski definition) is 0. The molecule has 0 spiro atoms. The summed E-state index contributed by atoms with van der Waals surface area (Å²) in [5, 5.41) is 13.6. The molecule has 0 atom stereocenters. The molecule has 0 bridgehead atoms. The number of carbonyl (C=O) groups excluding carboxylic acids is 4. The third kappa shape index (κ3) is 4.89. The molecular formula is C29H23Cl2N3O7. The minimum absolute atomic E-state index is 0.00236. The van der Waals surface area contributed by atoms with Crippen LogP contribution in [0.25, 0.3) is 33.4 Å². The molecule has 2 aromatic carbocycles. The van der Waals surface area contributed by atoms with Gasteiger partial charge in [-0.3, -0.25) is 9.59 Å². The van der Waals surface area contributed by atoms with E-state index in [1.54, 1.807) is 12.1 Å². The van der Waals surface area contributed by atoms with Gasteiger partial charge >= 0.3 is 5.97 Å². The highest BCUT2D eigenvalue weighted by atomic mass is 35.5. The van der Waals surface area contributed by atoms with Crippen molar-refractivity contribution in [2.75, 3.05) is 33.1 Å². The Bertz CT molecular complexity index is 1820. The van der Waals surface area contributed by atoms with Crippen LogP contribution < -0.4 is 19.9 Å². The van der Waals surface area contributed by atoms with Gasteiger partial charge in [0, 0.05) is 72.4 Å². The first kappa shape index (κ1) is 28.1. The maximum atomic E-state index is 13.0. The lowest BCUT2D eigenvalue weighted by Gasteiger charge is -2.22. The van der Waals surface area contributed by atoms with Gasteiger partial charge in [-0.1, -0.05) is 23.2 Å². The van der Waals surface area contributed by atoms with Crippen LogP contribution in [-0.4, -0.2) is 57.0 Å². The quantitative estimate of drug-likeness (QED) is 0.196. The molecule has 0 unspecified atom stereocenters. The highest BCUT2D eigenvalue weighted by Crippen LogP contribution is 2.46. The Morgan fingerprint density at radius 1 is 1.00 bits per heavy atom. The van der Waals surface area contributed by atoms with Crippen LogP contribution in [0.5, 0.6) is 0 Å². The lowest BCUT2D eigenvalue weighted by Crippen LogP contribution is -2.32. The first-order valence-corrected chi connectivity index (χ1v) is 13.1. The lowest BCUT2D eigenvalue weighted by molar-refractivity contribution is -0.254. The summed E-state index contributed by atoms with van der Waals surface area (Å²) in [5.41, 5.74) is 1.20. The number of imide groups is 1. The molecular weight excluding hydrogens is 573 g/mol. The van der Waals surface area contributed by atoms with Gasteiger partial charge in [0.05, 0.1) is 27.6 Å². The van der Waals surface area contributed by atoms with Crippen LogP contribution in [0.1, 0.15) is 33.6 Å². The van der Waals surface area contributed by atoms with E-state index in [0.717, 1.165) is 17.1 Å². The number of hydrogen-bond acceptors (Lipinski definition) is 8. The smallest absolute Gasteiger partial charge is 0.365 e. The third-order valence-electron chi connectivity index (χ3n) is 6.79. The van der Waals surface area contributed by atoms with Gasteiger partial charge in [0.25, 0.3) is 11.8 Å². The van der Waals surface area contributed by atoms with Crippen molar-refractivity contribution in [1.82, 2.24) is 9.64 Å². The Morgan fingerprint density at radius 2 is 1.68 bits per heavy atom. The molecule has 10 nitrogen and oxygen atoms in total. The van der Waals surface area contributed by atoms with Crippen LogP contribution in [0.15, 0.2) is 46.9 Å². The zero-order chi connectivity index (χ0) is 29.7. The van der Waals surface area contributed by atoms with E-state index < -0.39 is 39.9 Å². The summed E-state index contributed by atoms with van der Waals surface area (Å²) >= 11 is 13.2. The Kier molecular flexibility index (Phi) is 7.23. The number of halogens is 2. The highest BCUT2D eigenvalue weighted by molar-refractivity contribution is 6.41. The number of carbonyl (C=O) groups is 4. The maximum Gasteiger partial charge on any atom is 0.365 e. The van der Waals surface area contributed by atoms with Crippen molar-refractivity contribution in [2.45, 2.75) is 12.8 Å². The number of hydroxylamine groups is 2.